The lowest BCUT2D eigenvalue weighted by Crippen LogP contribution is -2.49. The van der Waals surface area contributed by atoms with Crippen molar-refractivity contribution in [2.75, 3.05) is 29.5 Å². The summed E-state index contributed by atoms with van der Waals surface area (Å²) in [5, 5.41) is 0. The number of hydrogen-bond donors (Lipinski definition) is 2. The number of hydrogen-bond acceptors (Lipinski definition) is 6. The number of nitrogens with two attached hydrogens (primary N) is 1. The van der Waals surface area contributed by atoms with Gasteiger partial charge in [-0.25, -0.2) is 23.4 Å². The van der Waals surface area contributed by atoms with Gasteiger partial charge in [-0.1, -0.05) is 6.07 Å². The SMILES string of the molecule is NNC(=O)c1ccc(CN(C(=O)N2CCS(=O)(=O)CC2)c2cccc(F)c2)nc1. The predicted octanol–water partition coefficient (Wildman–Crippen LogP) is 0.681. The number of urea groups is 1. The molecule has 3 N–H and O–H groups in total. The minimum atomic E-state index is -3.15. The van der Waals surface area contributed by atoms with E-state index in [4.69, 9.17) is 5.84 Å². The van der Waals surface area contributed by atoms with E-state index < -0.39 is 27.6 Å². The second kappa shape index (κ2) is 8.53. The van der Waals surface area contributed by atoms with Gasteiger partial charge in [-0.3, -0.25) is 20.1 Å². The van der Waals surface area contributed by atoms with Crippen LogP contribution in [0.4, 0.5) is 14.9 Å². The summed E-state index contributed by atoms with van der Waals surface area (Å²) < 4.78 is 37.1. The summed E-state index contributed by atoms with van der Waals surface area (Å²) in [6.07, 6.45) is 1.32. The van der Waals surface area contributed by atoms with Crippen molar-refractivity contribution in [2.45, 2.75) is 6.54 Å². The predicted molar refractivity (Wildman–Crippen MR) is 104 cm³/mol. The zero-order valence-corrected chi connectivity index (χ0v) is 16.2. The molecule has 3 rings (SSSR count). The summed E-state index contributed by atoms with van der Waals surface area (Å²) in [5.74, 6) is 3.85. The number of carbonyl (C=O) groups is 2. The van der Waals surface area contributed by atoms with E-state index in [-0.39, 0.29) is 36.7 Å². The van der Waals surface area contributed by atoms with Gasteiger partial charge in [0.15, 0.2) is 9.84 Å². The molecule has 2 heterocycles. The van der Waals surface area contributed by atoms with Crippen LogP contribution in [0.2, 0.25) is 0 Å². The minimum absolute atomic E-state index is 0.00998. The fourth-order valence-corrected chi connectivity index (χ4v) is 4.09. The van der Waals surface area contributed by atoms with Gasteiger partial charge >= 0.3 is 6.03 Å². The topological polar surface area (TPSA) is 126 Å². The number of pyridine rings is 1. The van der Waals surface area contributed by atoms with Crippen molar-refractivity contribution in [3.63, 3.8) is 0 Å². The number of anilines is 1. The maximum absolute atomic E-state index is 13.8. The fourth-order valence-electron chi connectivity index (χ4n) is 2.89. The average molecular weight is 421 g/mol. The Labute approximate surface area is 167 Å². The van der Waals surface area contributed by atoms with Crippen molar-refractivity contribution in [1.82, 2.24) is 15.3 Å². The molecule has 0 unspecified atom stereocenters. The molecule has 0 saturated carbocycles. The first-order valence-corrected chi connectivity index (χ1v) is 10.6. The summed E-state index contributed by atoms with van der Waals surface area (Å²) >= 11 is 0. The molecule has 9 nitrogen and oxygen atoms in total. The molecule has 1 aromatic heterocycles. The monoisotopic (exact) mass is 421 g/mol. The van der Waals surface area contributed by atoms with Crippen molar-refractivity contribution in [2.24, 2.45) is 5.84 Å². The van der Waals surface area contributed by atoms with Gasteiger partial charge < -0.3 is 4.90 Å². The van der Waals surface area contributed by atoms with Gasteiger partial charge in [0, 0.05) is 25.0 Å². The van der Waals surface area contributed by atoms with Crippen LogP contribution in [-0.2, 0) is 16.4 Å². The third-order valence-electron chi connectivity index (χ3n) is 4.50. The Morgan fingerprint density at radius 1 is 1.21 bits per heavy atom. The summed E-state index contributed by atoms with van der Waals surface area (Å²) in [6, 6.07) is 8.16. The van der Waals surface area contributed by atoms with E-state index in [1.165, 1.54) is 40.3 Å². The van der Waals surface area contributed by atoms with Crippen LogP contribution >= 0.6 is 0 Å². The highest BCUT2D eigenvalue weighted by Crippen LogP contribution is 2.21. The van der Waals surface area contributed by atoms with Crippen LogP contribution < -0.4 is 16.2 Å². The first kappa shape index (κ1) is 20.7. The lowest BCUT2D eigenvalue weighted by Gasteiger charge is -2.32. The molecule has 0 bridgehead atoms. The van der Waals surface area contributed by atoms with E-state index in [0.717, 1.165) is 0 Å². The van der Waals surface area contributed by atoms with Crippen LogP contribution in [-0.4, -0.2) is 54.8 Å². The molecule has 1 aliphatic rings. The molecule has 3 amide bonds. The summed E-state index contributed by atoms with van der Waals surface area (Å²) in [5.41, 5.74) is 3.02. The smallest absolute Gasteiger partial charge is 0.322 e. The molecule has 0 spiro atoms. The molecule has 2 aromatic rings. The third-order valence-corrected chi connectivity index (χ3v) is 6.11. The number of rotatable bonds is 4. The van der Waals surface area contributed by atoms with E-state index in [2.05, 4.69) is 4.98 Å². The Morgan fingerprint density at radius 2 is 1.93 bits per heavy atom. The first-order valence-electron chi connectivity index (χ1n) is 8.77. The first-order chi connectivity index (χ1) is 13.8. The van der Waals surface area contributed by atoms with Gasteiger partial charge in [-0.05, 0) is 30.3 Å². The van der Waals surface area contributed by atoms with Crippen LogP contribution in [0.3, 0.4) is 0 Å². The molecule has 154 valence electrons. The highest BCUT2D eigenvalue weighted by Gasteiger charge is 2.29. The van der Waals surface area contributed by atoms with Gasteiger partial charge in [-0.2, -0.15) is 0 Å². The van der Waals surface area contributed by atoms with Gasteiger partial charge in [0.2, 0.25) is 0 Å². The molecule has 1 fully saturated rings. The van der Waals surface area contributed by atoms with Crippen LogP contribution in [0.25, 0.3) is 0 Å². The van der Waals surface area contributed by atoms with Crippen LogP contribution in [0.5, 0.6) is 0 Å². The number of sulfone groups is 1. The van der Waals surface area contributed by atoms with E-state index in [1.54, 1.807) is 12.1 Å². The lowest BCUT2D eigenvalue weighted by atomic mass is 10.2. The van der Waals surface area contributed by atoms with Crippen molar-refractivity contribution in [3.8, 4) is 0 Å². The van der Waals surface area contributed by atoms with Crippen LogP contribution in [0.1, 0.15) is 16.1 Å². The summed E-state index contributed by atoms with van der Waals surface area (Å²) in [4.78, 5) is 31.5. The fraction of sp³-hybridized carbons (Fsp3) is 0.278. The Morgan fingerprint density at radius 3 is 2.52 bits per heavy atom. The van der Waals surface area contributed by atoms with E-state index in [9.17, 15) is 22.4 Å². The Hall–Kier alpha value is -3.05. The number of nitrogens with zero attached hydrogens (tertiary/aromatic N) is 3. The number of hydrazine groups is 1. The van der Waals surface area contributed by atoms with E-state index >= 15 is 0 Å². The Balaban J connectivity index is 1.85. The van der Waals surface area contributed by atoms with Crippen molar-refractivity contribution >= 4 is 27.5 Å². The molecule has 11 heteroatoms. The molecular formula is C18H20FN5O4S. The zero-order valence-electron chi connectivity index (χ0n) is 15.4. The van der Waals surface area contributed by atoms with Gasteiger partial charge in [-0.15, -0.1) is 0 Å². The molecule has 0 aliphatic carbocycles. The molecule has 0 radical (unpaired) electrons. The van der Waals surface area contributed by atoms with Gasteiger partial charge in [0.1, 0.15) is 5.82 Å². The average Bonchev–Trinajstić information content (AvgIpc) is 2.71. The molecule has 29 heavy (non-hydrogen) atoms. The largest absolute Gasteiger partial charge is 0.324 e. The van der Waals surface area contributed by atoms with Crippen LogP contribution in [0.15, 0.2) is 42.6 Å². The second-order valence-corrected chi connectivity index (χ2v) is 8.80. The number of amides is 3. The normalized spacial score (nSPS) is 15.6. The van der Waals surface area contributed by atoms with Crippen molar-refractivity contribution in [3.05, 3.63) is 59.7 Å². The Kier molecular flexibility index (Phi) is 6.09. The van der Waals surface area contributed by atoms with E-state index in [1.807, 2.05) is 5.43 Å². The van der Waals surface area contributed by atoms with Crippen molar-refractivity contribution < 1.29 is 22.4 Å². The molecular weight excluding hydrogens is 401 g/mol. The van der Waals surface area contributed by atoms with Gasteiger partial charge in [0.05, 0.1) is 29.3 Å². The van der Waals surface area contributed by atoms with E-state index in [0.29, 0.717) is 11.4 Å². The second-order valence-electron chi connectivity index (χ2n) is 6.50. The third kappa shape index (κ3) is 5.06. The highest BCUT2D eigenvalue weighted by atomic mass is 32.2. The number of benzene rings is 1. The number of nitrogens with one attached hydrogen (secondary N) is 1. The standard InChI is InChI=1S/C18H20FN5O4S/c19-14-2-1-3-16(10-14)24(18(26)23-6-8-29(27,28)9-7-23)12-15-5-4-13(11-21-15)17(25)22-20/h1-5,10-11H,6-9,12,20H2,(H,22,25). The zero-order chi connectivity index (χ0) is 21.0. The number of nitrogen functional groups attached to an aromatic ring is 1. The number of aromatic nitrogens is 1. The molecule has 1 aliphatic heterocycles. The number of carbonyl (C=O) groups excluding carboxylic acids is 2. The quantitative estimate of drug-likeness (QED) is 0.425. The highest BCUT2D eigenvalue weighted by molar-refractivity contribution is 7.91. The number of halogens is 1. The van der Waals surface area contributed by atoms with Crippen LogP contribution in [0, 0.1) is 5.82 Å². The van der Waals surface area contributed by atoms with Gasteiger partial charge in [0.25, 0.3) is 5.91 Å². The maximum Gasteiger partial charge on any atom is 0.324 e. The summed E-state index contributed by atoms with van der Waals surface area (Å²) in [6.45, 7) is 0.141. The summed E-state index contributed by atoms with van der Waals surface area (Å²) in [7, 11) is -3.15. The minimum Gasteiger partial charge on any atom is -0.322 e. The Bertz CT molecular complexity index is 999. The lowest BCUT2D eigenvalue weighted by molar-refractivity contribution is 0.0953. The van der Waals surface area contributed by atoms with Crippen molar-refractivity contribution in [1.29, 1.82) is 0 Å². The maximum atomic E-state index is 13.8. The molecule has 0 atom stereocenters. The molecule has 1 aromatic carbocycles. The molecule has 1 saturated heterocycles.